The van der Waals surface area contributed by atoms with Gasteiger partial charge >= 0.3 is 0 Å². The van der Waals surface area contributed by atoms with Gasteiger partial charge in [0.2, 0.25) is 17.6 Å². The molecular weight excluding hydrogens is 346 g/mol. The maximum Gasteiger partial charge on any atom is 0.238 e. The minimum Gasteiger partial charge on any atom is -0.461 e. The average Bonchev–Trinajstić information content (AvgIpc) is 3.35. The molecule has 0 aliphatic heterocycles. The highest BCUT2D eigenvalue weighted by molar-refractivity contribution is 5.76. The Hall–Kier alpha value is -2.90. The molecule has 0 bridgehead atoms. The molecule has 3 heterocycles. The van der Waals surface area contributed by atoms with Crippen molar-refractivity contribution in [3.63, 3.8) is 0 Å². The van der Waals surface area contributed by atoms with E-state index in [1.165, 1.54) is 0 Å². The van der Waals surface area contributed by atoms with Crippen LogP contribution in [0.15, 0.2) is 46.1 Å². The molecule has 144 valence electrons. The Morgan fingerprint density at radius 3 is 2.89 bits per heavy atom. The van der Waals surface area contributed by atoms with Gasteiger partial charge in [0.15, 0.2) is 5.76 Å². The zero-order chi connectivity index (χ0) is 19.3. The van der Waals surface area contributed by atoms with E-state index in [1.807, 2.05) is 10.8 Å². The van der Waals surface area contributed by atoms with E-state index in [2.05, 4.69) is 41.2 Å². The van der Waals surface area contributed by atoms with Crippen molar-refractivity contribution in [2.45, 2.75) is 52.6 Å². The van der Waals surface area contributed by atoms with E-state index in [4.69, 9.17) is 8.94 Å². The molecule has 0 unspecified atom stereocenters. The van der Waals surface area contributed by atoms with Gasteiger partial charge in [0.1, 0.15) is 0 Å². The van der Waals surface area contributed by atoms with Crippen molar-refractivity contribution in [1.29, 1.82) is 0 Å². The Balaban J connectivity index is 1.48. The van der Waals surface area contributed by atoms with Crippen LogP contribution in [0.25, 0.3) is 11.6 Å². The lowest BCUT2D eigenvalue weighted by atomic mass is 9.86. The second-order valence-electron chi connectivity index (χ2n) is 7.59. The van der Waals surface area contributed by atoms with Gasteiger partial charge in [-0.2, -0.15) is 4.98 Å². The van der Waals surface area contributed by atoms with E-state index in [-0.39, 0.29) is 17.4 Å². The summed E-state index contributed by atoms with van der Waals surface area (Å²) in [6.45, 7) is 7.03. The van der Waals surface area contributed by atoms with Crippen LogP contribution in [0.1, 0.15) is 39.5 Å². The summed E-state index contributed by atoms with van der Waals surface area (Å²) in [4.78, 5) is 20.7. The number of nitrogens with zero attached hydrogens (tertiary/aromatic N) is 4. The average molecular weight is 371 g/mol. The molecule has 8 nitrogen and oxygen atoms in total. The number of aromatic nitrogens is 4. The second kappa shape index (κ2) is 8.20. The molecule has 3 rings (SSSR count). The van der Waals surface area contributed by atoms with Crippen LogP contribution in [-0.2, 0) is 17.8 Å². The summed E-state index contributed by atoms with van der Waals surface area (Å²) in [6.07, 6.45) is 8.54. The van der Waals surface area contributed by atoms with Crippen molar-refractivity contribution < 1.29 is 13.7 Å². The van der Waals surface area contributed by atoms with Gasteiger partial charge in [-0.25, -0.2) is 4.98 Å². The van der Waals surface area contributed by atoms with Gasteiger partial charge in [-0.05, 0) is 24.0 Å². The molecule has 1 amide bonds. The zero-order valence-corrected chi connectivity index (χ0v) is 15.9. The van der Waals surface area contributed by atoms with Gasteiger partial charge in [0.25, 0.3) is 0 Å². The van der Waals surface area contributed by atoms with Gasteiger partial charge in [0.05, 0.1) is 18.6 Å². The highest BCUT2D eigenvalue weighted by atomic mass is 16.5. The smallest absolute Gasteiger partial charge is 0.238 e. The molecular formula is C19H25N5O3. The SMILES string of the molecule is CC(C)(C)[C@H](Cn1ccnc1)NC(=O)CCCc1nc(-c2ccco2)no1. The largest absolute Gasteiger partial charge is 0.461 e. The van der Waals surface area contributed by atoms with E-state index in [0.29, 0.717) is 43.3 Å². The summed E-state index contributed by atoms with van der Waals surface area (Å²) in [5.41, 5.74) is -0.0651. The molecule has 1 N–H and O–H groups in total. The lowest BCUT2D eigenvalue weighted by Crippen LogP contribution is -2.46. The maximum absolute atomic E-state index is 12.4. The molecule has 0 aliphatic carbocycles. The standard InChI is InChI=1S/C19H25N5O3/c1-19(2,3)15(12-24-10-9-20-13-24)21-16(25)7-4-8-17-22-18(23-27-17)14-6-5-11-26-14/h5-6,9-11,13,15H,4,7-8,12H2,1-3H3,(H,21,25)/t15-/m0/s1. The lowest BCUT2D eigenvalue weighted by Gasteiger charge is -2.31. The van der Waals surface area contributed by atoms with Crippen molar-refractivity contribution in [2.24, 2.45) is 5.41 Å². The Labute approximate surface area is 158 Å². The quantitative estimate of drug-likeness (QED) is 0.653. The number of carbonyl (C=O) groups excluding carboxylic acids is 1. The molecule has 0 radical (unpaired) electrons. The fourth-order valence-corrected chi connectivity index (χ4v) is 2.67. The van der Waals surface area contributed by atoms with Crippen molar-refractivity contribution in [3.05, 3.63) is 43.0 Å². The zero-order valence-electron chi connectivity index (χ0n) is 15.9. The third kappa shape index (κ3) is 5.29. The highest BCUT2D eigenvalue weighted by Crippen LogP contribution is 2.21. The lowest BCUT2D eigenvalue weighted by molar-refractivity contribution is -0.122. The summed E-state index contributed by atoms with van der Waals surface area (Å²) in [5, 5.41) is 7.03. The first-order valence-electron chi connectivity index (χ1n) is 9.03. The summed E-state index contributed by atoms with van der Waals surface area (Å²) >= 11 is 0. The summed E-state index contributed by atoms with van der Waals surface area (Å²) in [5.74, 6) is 1.50. The van der Waals surface area contributed by atoms with Crippen LogP contribution in [0.4, 0.5) is 0 Å². The Bertz CT molecular complexity index is 831. The Kier molecular flexibility index (Phi) is 5.73. The predicted octanol–water partition coefficient (Wildman–Crippen LogP) is 3.08. The van der Waals surface area contributed by atoms with E-state index in [0.717, 1.165) is 0 Å². The van der Waals surface area contributed by atoms with Crippen LogP contribution in [-0.4, -0.2) is 31.6 Å². The molecule has 0 spiro atoms. The van der Waals surface area contributed by atoms with Gasteiger partial charge in [-0.3, -0.25) is 4.79 Å². The fraction of sp³-hybridized carbons (Fsp3) is 0.474. The normalized spacial score (nSPS) is 12.9. The van der Waals surface area contributed by atoms with Crippen LogP contribution >= 0.6 is 0 Å². The number of imidazole rings is 1. The minimum atomic E-state index is -0.0651. The molecule has 3 aromatic rings. The molecule has 0 saturated heterocycles. The van der Waals surface area contributed by atoms with Crippen molar-refractivity contribution >= 4 is 5.91 Å². The van der Waals surface area contributed by atoms with E-state index in [9.17, 15) is 4.79 Å². The first-order chi connectivity index (χ1) is 12.9. The monoisotopic (exact) mass is 371 g/mol. The fourth-order valence-electron chi connectivity index (χ4n) is 2.67. The van der Waals surface area contributed by atoms with Crippen molar-refractivity contribution in [1.82, 2.24) is 25.0 Å². The van der Waals surface area contributed by atoms with E-state index < -0.39 is 0 Å². The third-order valence-electron chi connectivity index (χ3n) is 4.34. The number of hydrogen-bond acceptors (Lipinski definition) is 6. The first kappa shape index (κ1) is 18.9. The van der Waals surface area contributed by atoms with Gasteiger partial charge in [-0.15, -0.1) is 0 Å². The molecule has 8 heteroatoms. The number of rotatable bonds is 8. The molecule has 0 aromatic carbocycles. The topological polar surface area (TPSA) is 99.0 Å². The Morgan fingerprint density at radius 1 is 1.37 bits per heavy atom. The van der Waals surface area contributed by atoms with E-state index in [1.54, 1.807) is 30.9 Å². The number of amides is 1. The maximum atomic E-state index is 12.4. The molecule has 1 atom stereocenters. The molecule has 0 aliphatic rings. The van der Waals surface area contributed by atoms with Crippen LogP contribution in [0.5, 0.6) is 0 Å². The summed E-state index contributed by atoms with van der Waals surface area (Å²) in [7, 11) is 0. The summed E-state index contributed by atoms with van der Waals surface area (Å²) in [6, 6.07) is 3.55. The number of hydrogen-bond donors (Lipinski definition) is 1. The second-order valence-corrected chi connectivity index (χ2v) is 7.59. The highest BCUT2D eigenvalue weighted by Gasteiger charge is 2.26. The number of aryl methyl sites for hydroxylation is 1. The number of furan rings is 1. The van der Waals surface area contributed by atoms with Crippen LogP contribution in [0, 0.1) is 5.41 Å². The van der Waals surface area contributed by atoms with Gasteiger partial charge in [-0.1, -0.05) is 25.9 Å². The molecule has 0 saturated carbocycles. The van der Waals surface area contributed by atoms with Crippen LogP contribution < -0.4 is 5.32 Å². The van der Waals surface area contributed by atoms with Gasteiger partial charge < -0.3 is 18.8 Å². The number of carbonyl (C=O) groups is 1. The van der Waals surface area contributed by atoms with E-state index >= 15 is 0 Å². The first-order valence-corrected chi connectivity index (χ1v) is 9.03. The van der Waals surface area contributed by atoms with Crippen molar-refractivity contribution in [3.8, 4) is 11.6 Å². The molecule has 27 heavy (non-hydrogen) atoms. The van der Waals surface area contributed by atoms with Gasteiger partial charge in [0, 0.05) is 31.8 Å². The molecule has 0 fully saturated rings. The molecule has 3 aromatic heterocycles. The van der Waals surface area contributed by atoms with Crippen LogP contribution in [0.2, 0.25) is 0 Å². The minimum absolute atomic E-state index is 0.00756. The van der Waals surface area contributed by atoms with Crippen LogP contribution in [0.3, 0.4) is 0 Å². The Morgan fingerprint density at radius 2 is 2.22 bits per heavy atom. The third-order valence-corrected chi connectivity index (χ3v) is 4.34. The van der Waals surface area contributed by atoms with Crippen molar-refractivity contribution in [2.75, 3.05) is 0 Å². The predicted molar refractivity (Wildman–Crippen MR) is 98.6 cm³/mol. The number of nitrogens with one attached hydrogen (secondary N) is 1. The summed E-state index contributed by atoms with van der Waals surface area (Å²) < 4.78 is 12.4.